The summed E-state index contributed by atoms with van der Waals surface area (Å²) in [5.41, 5.74) is 1.84. The maximum absolute atomic E-state index is 6.08. The van der Waals surface area contributed by atoms with Gasteiger partial charge in [-0.25, -0.2) is 9.97 Å². The van der Waals surface area contributed by atoms with Crippen LogP contribution in [0, 0.1) is 0 Å². The molecular weight excluding hydrogens is 290 g/mol. The van der Waals surface area contributed by atoms with Crippen molar-refractivity contribution in [3.05, 3.63) is 46.9 Å². The van der Waals surface area contributed by atoms with E-state index in [1.165, 1.54) is 6.33 Å². The molecule has 1 heterocycles. The van der Waals surface area contributed by atoms with Gasteiger partial charge in [-0.05, 0) is 24.2 Å². The molecule has 1 aromatic carbocycles. The lowest BCUT2D eigenvalue weighted by Crippen LogP contribution is -2.23. The molecule has 1 N–H and O–H groups in total. The van der Waals surface area contributed by atoms with Crippen LogP contribution in [0.2, 0.25) is 5.02 Å². The fraction of sp³-hybridized carbons (Fsp3) is 0.333. The number of hydrogen-bond donors (Lipinski definition) is 1. The summed E-state index contributed by atoms with van der Waals surface area (Å²) in [6, 6.07) is 7.40. The van der Waals surface area contributed by atoms with Gasteiger partial charge in [-0.3, -0.25) is 0 Å². The van der Waals surface area contributed by atoms with Crippen molar-refractivity contribution in [3.63, 3.8) is 0 Å². The summed E-state index contributed by atoms with van der Waals surface area (Å²) in [7, 11) is 3.18. The second-order valence-electron chi connectivity index (χ2n) is 4.37. The van der Waals surface area contributed by atoms with Crippen LogP contribution in [0.25, 0.3) is 0 Å². The SMILES string of the molecule is CCNC(c1ccc(Cl)c(OC)c1)c1cc(OC)ncn1. The molecule has 2 aromatic rings. The Hall–Kier alpha value is -1.85. The Morgan fingerprint density at radius 3 is 2.67 bits per heavy atom. The molecule has 0 spiro atoms. The van der Waals surface area contributed by atoms with Gasteiger partial charge in [0.15, 0.2) is 0 Å². The van der Waals surface area contributed by atoms with E-state index in [9.17, 15) is 0 Å². The quantitative estimate of drug-likeness (QED) is 0.889. The number of hydrogen-bond acceptors (Lipinski definition) is 5. The van der Waals surface area contributed by atoms with Crippen molar-refractivity contribution in [2.75, 3.05) is 20.8 Å². The number of ether oxygens (including phenoxy) is 2. The lowest BCUT2D eigenvalue weighted by molar-refractivity contribution is 0.394. The molecule has 5 nitrogen and oxygen atoms in total. The van der Waals surface area contributed by atoms with Gasteiger partial charge in [-0.1, -0.05) is 24.6 Å². The highest BCUT2D eigenvalue weighted by molar-refractivity contribution is 6.32. The van der Waals surface area contributed by atoms with Crippen LogP contribution >= 0.6 is 11.6 Å². The van der Waals surface area contributed by atoms with Gasteiger partial charge < -0.3 is 14.8 Å². The van der Waals surface area contributed by atoms with Gasteiger partial charge in [0.05, 0.1) is 31.0 Å². The fourth-order valence-corrected chi connectivity index (χ4v) is 2.27. The van der Waals surface area contributed by atoms with E-state index in [1.807, 2.05) is 31.2 Å². The van der Waals surface area contributed by atoms with Crippen LogP contribution in [-0.2, 0) is 0 Å². The zero-order chi connectivity index (χ0) is 15.2. The third-order valence-electron chi connectivity index (χ3n) is 3.08. The first-order chi connectivity index (χ1) is 10.2. The van der Waals surface area contributed by atoms with Crippen LogP contribution in [0.4, 0.5) is 0 Å². The molecule has 1 aromatic heterocycles. The van der Waals surface area contributed by atoms with Gasteiger partial charge in [0.25, 0.3) is 0 Å². The number of benzene rings is 1. The molecular formula is C15H18ClN3O2. The van der Waals surface area contributed by atoms with Crippen LogP contribution < -0.4 is 14.8 Å². The summed E-state index contributed by atoms with van der Waals surface area (Å²) in [5, 5.41) is 3.97. The van der Waals surface area contributed by atoms with Crippen molar-refractivity contribution in [1.29, 1.82) is 0 Å². The standard InChI is InChI=1S/C15H18ClN3O2/c1-4-17-15(12-8-14(21-3)19-9-18-12)10-5-6-11(16)13(7-10)20-2/h5-9,15,17H,4H2,1-3H3. The molecule has 112 valence electrons. The Kier molecular flexibility index (Phi) is 5.36. The molecule has 0 radical (unpaired) electrons. The largest absolute Gasteiger partial charge is 0.495 e. The van der Waals surface area contributed by atoms with Crippen LogP contribution in [-0.4, -0.2) is 30.7 Å². The fourth-order valence-electron chi connectivity index (χ4n) is 2.08. The van der Waals surface area contributed by atoms with Gasteiger partial charge in [0.1, 0.15) is 12.1 Å². The van der Waals surface area contributed by atoms with E-state index in [1.54, 1.807) is 14.2 Å². The van der Waals surface area contributed by atoms with Gasteiger partial charge >= 0.3 is 0 Å². The van der Waals surface area contributed by atoms with Crippen LogP contribution in [0.1, 0.15) is 24.2 Å². The smallest absolute Gasteiger partial charge is 0.216 e. The molecule has 0 bridgehead atoms. The summed E-state index contributed by atoms with van der Waals surface area (Å²) in [4.78, 5) is 8.37. The summed E-state index contributed by atoms with van der Waals surface area (Å²) in [5.74, 6) is 1.17. The first-order valence-electron chi connectivity index (χ1n) is 6.62. The third-order valence-corrected chi connectivity index (χ3v) is 3.40. The monoisotopic (exact) mass is 307 g/mol. The third kappa shape index (κ3) is 3.62. The Bertz CT molecular complexity index is 607. The summed E-state index contributed by atoms with van der Waals surface area (Å²) in [6.45, 7) is 2.83. The van der Waals surface area contributed by atoms with Crippen molar-refractivity contribution >= 4 is 11.6 Å². The van der Waals surface area contributed by atoms with E-state index in [4.69, 9.17) is 21.1 Å². The first-order valence-corrected chi connectivity index (χ1v) is 7.00. The van der Waals surface area contributed by atoms with E-state index in [-0.39, 0.29) is 6.04 Å². The van der Waals surface area contributed by atoms with Crippen LogP contribution in [0.5, 0.6) is 11.6 Å². The molecule has 1 atom stereocenters. The molecule has 0 fully saturated rings. The normalized spacial score (nSPS) is 12.0. The Morgan fingerprint density at radius 2 is 2.00 bits per heavy atom. The van der Waals surface area contributed by atoms with Crippen molar-refractivity contribution < 1.29 is 9.47 Å². The van der Waals surface area contributed by atoms with Gasteiger partial charge in [0, 0.05) is 6.07 Å². The molecule has 0 aliphatic heterocycles. The number of methoxy groups -OCH3 is 2. The summed E-state index contributed by atoms with van der Waals surface area (Å²) >= 11 is 6.08. The predicted octanol–water partition coefficient (Wildman–Crippen LogP) is 2.85. The summed E-state index contributed by atoms with van der Waals surface area (Å²) in [6.07, 6.45) is 1.49. The highest BCUT2D eigenvalue weighted by atomic mass is 35.5. The van der Waals surface area contributed by atoms with Gasteiger partial charge in [0.2, 0.25) is 5.88 Å². The number of halogens is 1. The van der Waals surface area contributed by atoms with E-state index in [0.29, 0.717) is 16.7 Å². The van der Waals surface area contributed by atoms with Crippen molar-refractivity contribution in [2.24, 2.45) is 0 Å². The molecule has 0 amide bonds. The average molecular weight is 308 g/mol. The molecule has 21 heavy (non-hydrogen) atoms. The Morgan fingerprint density at radius 1 is 1.19 bits per heavy atom. The van der Waals surface area contributed by atoms with Gasteiger partial charge in [-0.2, -0.15) is 0 Å². The zero-order valence-corrected chi connectivity index (χ0v) is 13.0. The highest BCUT2D eigenvalue weighted by Gasteiger charge is 2.17. The second-order valence-corrected chi connectivity index (χ2v) is 4.78. The Labute approximate surface area is 129 Å². The molecule has 0 aliphatic carbocycles. The lowest BCUT2D eigenvalue weighted by Gasteiger charge is -2.19. The molecule has 1 unspecified atom stereocenters. The second kappa shape index (κ2) is 7.24. The number of nitrogens with zero attached hydrogens (tertiary/aromatic N) is 2. The molecule has 0 saturated carbocycles. The van der Waals surface area contributed by atoms with Gasteiger partial charge in [-0.15, -0.1) is 0 Å². The number of nitrogens with one attached hydrogen (secondary N) is 1. The molecule has 6 heteroatoms. The van der Waals surface area contributed by atoms with Crippen LogP contribution in [0.3, 0.4) is 0 Å². The zero-order valence-electron chi connectivity index (χ0n) is 12.3. The maximum atomic E-state index is 6.08. The molecule has 0 aliphatic rings. The topological polar surface area (TPSA) is 56.3 Å². The van der Waals surface area contributed by atoms with E-state index in [0.717, 1.165) is 17.8 Å². The van der Waals surface area contributed by atoms with Crippen molar-refractivity contribution in [3.8, 4) is 11.6 Å². The van der Waals surface area contributed by atoms with E-state index in [2.05, 4.69) is 15.3 Å². The number of rotatable bonds is 6. The van der Waals surface area contributed by atoms with E-state index >= 15 is 0 Å². The predicted molar refractivity (Wildman–Crippen MR) is 82.1 cm³/mol. The minimum absolute atomic E-state index is 0.0851. The molecule has 0 saturated heterocycles. The number of aromatic nitrogens is 2. The summed E-state index contributed by atoms with van der Waals surface area (Å²) < 4.78 is 10.4. The maximum Gasteiger partial charge on any atom is 0.216 e. The van der Waals surface area contributed by atoms with E-state index < -0.39 is 0 Å². The van der Waals surface area contributed by atoms with Crippen molar-refractivity contribution in [2.45, 2.75) is 13.0 Å². The highest BCUT2D eigenvalue weighted by Crippen LogP contribution is 2.30. The first kappa shape index (κ1) is 15.5. The minimum Gasteiger partial charge on any atom is -0.495 e. The Balaban J connectivity index is 2.42. The molecule has 2 rings (SSSR count). The average Bonchev–Trinajstić information content (AvgIpc) is 2.53. The lowest BCUT2D eigenvalue weighted by atomic mass is 10.0. The van der Waals surface area contributed by atoms with Crippen LogP contribution in [0.15, 0.2) is 30.6 Å². The minimum atomic E-state index is -0.0851. The van der Waals surface area contributed by atoms with Crippen molar-refractivity contribution in [1.82, 2.24) is 15.3 Å².